The fourth-order valence-electron chi connectivity index (χ4n) is 19.3. The van der Waals surface area contributed by atoms with Gasteiger partial charge >= 0.3 is 0 Å². The van der Waals surface area contributed by atoms with Gasteiger partial charge in [0.1, 0.15) is 33.5 Å². The van der Waals surface area contributed by atoms with Crippen molar-refractivity contribution in [3.8, 4) is 136 Å². The number of benzene rings is 22. The molecule has 12 heteroatoms. The van der Waals surface area contributed by atoms with E-state index in [1.165, 1.54) is 53.9 Å². The fourth-order valence-corrected chi connectivity index (χ4v) is 19.3. The summed E-state index contributed by atoms with van der Waals surface area (Å²) in [5, 5.41) is 22.9. The largest absolute Gasteiger partial charge is 0.456 e. The van der Waals surface area contributed by atoms with Crippen LogP contribution < -0.4 is 0 Å². The van der Waals surface area contributed by atoms with Crippen LogP contribution in [-0.2, 0) is 0 Å². The quantitative estimate of drug-likeness (QED) is 0.114. The van der Waals surface area contributed by atoms with E-state index >= 15 is 0 Å². The van der Waals surface area contributed by atoms with E-state index in [0.29, 0.717) is 52.4 Å². The van der Waals surface area contributed by atoms with Crippen LogP contribution >= 0.6 is 0 Å². The van der Waals surface area contributed by atoms with E-state index in [-0.39, 0.29) is 0 Å². The van der Waals surface area contributed by atoms with Gasteiger partial charge in [-0.05, 0) is 236 Å². The molecule has 0 aliphatic carbocycles. The van der Waals surface area contributed by atoms with Crippen molar-refractivity contribution in [2.45, 2.75) is 0 Å². The first kappa shape index (κ1) is 80.9. The molecule has 0 unspecified atom stereocenters. The molecule has 0 saturated carbocycles. The number of fused-ring (bicyclic) bond motifs is 16. The first-order chi connectivity index (χ1) is 68.7. The van der Waals surface area contributed by atoms with Crippen LogP contribution in [-0.4, -0.2) is 44.9 Å². The Morgan fingerprint density at radius 1 is 0.115 bits per heavy atom. The molecule has 6 aromatic heterocycles. The third-order valence-electron chi connectivity index (χ3n) is 26.4. The standard InChI is InChI=1S/C45H27N3O.2C41H25N3O/c1-4-10-31-23-34(16-13-28(31)7-1)35-19-21-39-40-26-38(20-22-41(40)49-42(39)27-35)45-47-43(36-17-14-29-8-2-5-11-32(29)24-36)46-44(48-45)37-18-15-30-9-3-6-12-33(30)25-37;1-2-11-28(12-3-1)39-42-40(32-20-18-27-10-5-7-14-30(27)24-32)44-41(43-39)33-21-22-36-35(25-33)38-34(15-8-16-37(38)45-36)31-19-17-26-9-4-6-13-29(26)23-31;1-2-10-28(11-3-1)39-42-40(33-17-15-27-9-5-7-13-30(27)23-33)44-41(43-39)34-19-21-37-36(24-34)35-20-18-32(25-38(35)45-37)31-16-14-26-8-4-6-12-29(26)22-31/h1-27H;2*1-25H. The van der Waals surface area contributed by atoms with Crippen LogP contribution in [0.2, 0.25) is 0 Å². The molecule has 12 nitrogen and oxygen atoms in total. The molecule has 0 N–H and O–H groups in total. The first-order valence-electron chi connectivity index (χ1n) is 46.5. The van der Waals surface area contributed by atoms with E-state index in [4.69, 9.17) is 58.1 Å². The molecule has 22 aromatic carbocycles. The Morgan fingerprint density at radius 2 is 0.338 bits per heavy atom. The van der Waals surface area contributed by atoms with E-state index in [0.717, 1.165) is 171 Å². The van der Waals surface area contributed by atoms with Crippen molar-refractivity contribution in [2.75, 3.05) is 0 Å². The van der Waals surface area contributed by atoms with E-state index < -0.39 is 0 Å². The average molecular weight is 1780 g/mol. The molecule has 0 aliphatic rings. The highest BCUT2D eigenvalue weighted by Gasteiger charge is 2.23. The summed E-state index contributed by atoms with van der Waals surface area (Å²) in [6.07, 6.45) is 0. The molecule has 0 bridgehead atoms. The van der Waals surface area contributed by atoms with Gasteiger partial charge < -0.3 is 13.3 Å². The van der Waals surface area contributed by atoms with Crippen molar-refractivity contribution in [1.29, 1.82) is 0 Å². The minimum Gasteiger partial charge on any atom is -0.456 e. The third kappa shape index (κ3) is 15.5. The lowest BCUT2D eigenvalue weighted by Crippen LogP contribution is -2.00. The molecule has 0 saturated heterocycles. The van der Waals surface area contributed by atoms with Gasteiger partial charge in [-0.2, -0.15) is 0 Å². The van der Waals surface area contributed by atoms with Gasteiger partial charge in [-0.3, -0.25) is 0 Å². The minimum absolute atomic E-state index is 0.616. The van der Waals surface area contributed by atoms with Crippen LogP contribution in [0.4, 0.5) is 0 Å². The summed E-state index contributed by atoms with van der Waals surface area (Å²) < 4.78 is 19.1. The minimum atomic E-state index is 0.616. The maximum Gasteiger partial charge on any atom is 0.164 e. The predicted octanol–water partition coefficient (Wildman–Crippen LogP) is 33.4. The Labute approximate surface area is 796 Å². The maximum atomic E-state index is 6.41. The highest BCUT2D eigenvalue weighted by atomic mass is 16.3. The van der Waals surface area contributed by atoms with Gasteiger partial charge in [-0.1, -0.05) is 340 Å². The van der Waals surface area contributed by atoms with Crippen LogP contribution in [0.1, 0.15) is 0 Å². The summed E-state index contributed by atoms with van der Waals surface area (Å²) in [6, 6.07) is 162. The predicted molar refractivity (Wildman–Crippen MR) is 569 cm³/mol. The zero-order chi connectivity index (χ0) is 91.8. The Kier molecular flexibility index (Phi) is 20.0. The number of rotatable bonds is 12. The van der Waals surface area contributed by atoms with Crippen LogP contribution in [0.25, 0.3) is 277 Å². The van der Waals surface area contributed by atoms with Gasteiger partial charge in [0.15, 0.2) is 52.4 Å². The van der Waals surface area contributed by atoms with Gasteiger partial charge in [0, 0.05) is 82.4 Å². The summed E-state index contributed by atoms with van der Waals surface area (Å²) in [4.78, 5) is 45.0. The van der Waals surface area contributed by atoms with Crippen LogP contribution in [0, 0.1) is 0 Å². The summed E-state index contributed by atoms with van der Waals surface area (Å²) in [6.45, 7) is 0. The molecule has 648 valence electrons. The van der Waals surface area contributed by atoms with E-state index in [1.807, 2.05) is 103 Å². The van der Waals surface area contributed by atoms with Gasteiger partial charge in [0.2, 0.25) is 0 Å². The van der Waals surface area contributed by atoms with Crippen LogP contribution in [0.15, 0.2) is 480 Å². The van der Waals surface area contributed by atoms with E-state index in [1.54, 1.807) is 0 Å². The topological polar surface area (TPSA) is 155 Å². The molecule has 139 heavy (non-hydrogen) atoms. The van der Waals surface area contributed by atoms with Gasteiger partial charge in [-0.25, -0.2) is 44.9 Å². The first-order valence-corrected chi connectivity index (χ1v) is 46.5. The lowest BCUT2D eigenvalue weighted by atomic mass is 9.96. The van der Waals surface area contributed by atoms with Crippen molar-refractivity contribution in [3.63, 3.8) is 0 Å². The van der Waals surface area contributed by atoms with Crippen molar-refractivity contribution < 1.29 is 13.3 Å². The second-order valence-electron chi connectivity index (χ2n) is 35.1. The van der Waals surface area contributed by atoms with Crippen molar-refractivity contribution in [1.82, 2.24) is 44.9 Å². The summed E-state index contributed by atoms with van der Waals surface area (Å²) in [7, 11) is 0. The van der Waals surface area contributed by atoms with Gasteiger partial charge in [0.25, 0.3) is 0 Å². The normalized spacial score (nSPS) is 11.6. The average Bonchev–Trinajstić information content (AvgIpc) is 1.63. The zero-order valence-corrected chi connectivity index (χ0v) is 74.7. The highest BCUT2D eigenvalue weighted by Crippen LogP contribution is 2.44. The van der Waals surface area contributed by atoms with Crippen LogP contribution in [0.3, 0.4) is 0 Å². The van der Waals surface area contributed by atoms with Crippen molar-refractivity contribution in [3.05, 3.63) is 467 Å². The van der Waals surface area contributed by atoms with Crippen molar-refractivity contribution in [2.24, 2.45) is 0 Å². The molecule has 0 atom stereocenters. The molecule has 0 radical (unpaired) electrons. The molecule has 0 fully saturated rings. The van der Waals surface area contributed by atoms with Gasteiger partial charge in [0.05, 0.1) is 0 Å². The molecule has 0 aliphatic heterocycles. The Bertz CT molecular complexity index is 9680. The number of hydrogen-bond donors (Lipinski definition) is 0. The molecule has 28 rings (SSSR count). The lowest BCUT2D eigenvalue weighted by molar-refractivity contribution is 0.668. The number of hydrogen-bond acceptors (Lipinski definition) is 12. The molecular formula is C127H77N9O3. The van der Waals surface area contributed by atoms with E-state index in [9.17, 15) is 0 Å². The SMILES string of the molecule is c1ccc(-c2nc(-c3ccc4ccccc4c3)nc(-c3ccc4oc5cc(-c6ccc7ccccc7c6)ccc5c4c3)n2)cc1.c1ccc(-c2nc(-c3ccc4ccccc4c3)nc(-c3ccc4oc5cccc(-c6ccc7ccccc7c6)c5c4c3)n2)cc1.c1ccc2cc(-c3ccc4c(c3)oc3ccc(-c5nc(-c6ccc7ccccc7c6)nc(-c6ccc7ccccc7c6)n5)cc34)ccc2c1. The Balaban J connectivity index is 0.000000108. The van der Waals surface area contributed by atoms with Crippen molar-refractivity contribution >= 4 is 141 Å². The molecule has 6 heterocycles. The second kappa shape index (κ2) is 34.3. The van der Waals surface area contributed by atoms with E-state index in [2.05, 4.69) is 364 Å². The molecular weight excluding hydrogens is 1700 g/mol. The molecule has 28 aromatic rings. The zero-order valence-electron chi connectivity index (χ0n) is 74.7. The second-order valence-corrected chi connectivity index (χ2v) is 35.1. The van der Waals surface area contributed by atoms with Crippen LogP contribution in [0.5, 0.6) is 0 Å². The fraction of sp³-hybridized carbons (Fsp3) is 0. The highest BCUT2D eigenvalue weighted by molar-refractivity contribution is 6.15. The molecule has 0 amide bonds. The van der Waals surface area contributed by atoms with Gasteiger partial charge in [-0.15, -0.1) is 0 Å². The summed E-state index contributed by atoms with van der Waals surface area (Å²) >= 11 is 0. The molecule has 0 spiro atoms. The monoisotopic (exact) mass is 1780 g/mol. The Hall–Kier alpha value is -18.9. The lowest BCUT2D eigenvalue weighted by Gasteiger charge is -2.10. The number of aromatic nitrogens is 9. The summed E-state index contributed by atoms with van der Waals surface area (Å²) in [5.74, 6) is 5.68. The maximum absolute atomic E-state index is 6.41. The number of furan rings is 3. The number of nitrogens with zero attached hydrogens (tertiary/aromatic N) is 9. The Morgan fingerprint density at radius 3 is 0.662 bits per heavy atom. The summed E-state index contributed by atoms with van der Waals surface area (Å²) in [5.41, 5.74) is 20.3. The smallest absolute Gasteiger partial charge is 0.164 e. The third-order valence-corrected chi connectivity index (χ3v) is 26.4.